The minimum atomic E-state index is -1.25. The van der Waals surface area contributed by atoms with Gasteiger partial charge in [0.1, 0.15) is 18.0 Å². The number of fused-ring (bicyclic) bond motifs is 5. The molecule has 4 aliphatic rings. The van der Waals surface area contributed by atoms with Crippen molar-refractivity contribution in [1.82, 2.24) is 0 Å². The third-order valence-corrected chi connectivity index (χ3v) is 9.93. The topological polar surface area (TPSA) is 110 Å². The van der Waals surface area contributed by atoms with Crippen LogP contribution in [-0.4, -0.2) is 51.8 Å². The number of aliphatic hydroxyl groups excluding tert-OH is 1. The Bertz CT molecular complexity index is 924. The van der Waals surface area contributed by atoms with Gasteiger partial charge in [0.25, 0.3) is 0 Å². The number of Topliss-reactive ketones (excluding diaryl/α,β-unsaturated/α-hetero) is 1. The smallest absolute Gasteiger partial charge is 0.306 e. The number of carbonyl (C=O) groups excluding carboxylic acids is 3. The Balaban J connectivity index is 1.90. The van der Waals surface area contributed by atoms with Crippen LogP contribution >= 0.6 is 0 Å². The van der Waals surface area contributed by atoms with E-state index in [0.717, 1.165) is 5.57 Å². The fourth-order valence-electron chi connectivity index (χ4n) is 8.31. The minimum absolute atomic E-state index is 0.0506. The van der Waals surface area contributed by atoms with Crippen LogP contribution in [0.2, 0.25) is 0 Å². The molecule has 4 aliphatic carbocycles. The monoisotopic (exact) mass is 490 g/mol. The molecule has 0 aromatic heterocycles. The van der Waals surface area contributed by atoms with E-state index in [1.807, 2.05) is 20.8 Å². The van der Waals surface area contributed by atoms with E-state index in [2.05, 4.69) is 13.0 Å². The molecular formula is C28H42O7. The highest BCUT2D eigenvalue weighted by Gasteiger charge is 2.75. The summed E-state index contributed by atoms with van der Waals surface area (Å²) in [4.78, 5) is 38.4. The Labute approximate surface area is 208 Å². The maximum Gasteiger partial charge on any atom is 0.306 e. The molecule has 7 nitrogen and oxygen atoms in total. The molecule has 0 bridgehead atoms. The van der Waals surface area contributed by atoms with Gasteiger partial charge < -0.3 is 19.7 Å². The number of ether oxygens (including phenoxy) is 2. The van der Waals surface area contributed by atoms with Crippen molar-refractivity contribution in [1.29, 1.82) is 0 Å². The second-order valence-corrected chi connectivity index (χ2v) is 12.4. The molecular weight excluding hydrogens is 448 g/mol. The normalized spacial score (nSPS) is 44.5. The molecule has 0 spiro atoms. The highest BCUT2D eigenvalue weighted by molar-refractivity contribution is 5.80. The molecule has 0 aliphatic heterocycles. The summed E-state index contributed by atoms with van der Waals surface area (Å²) in [7, 11) is 0. The third-order valence-electron chi connectivity index (χ3n) is 9.93. The first-order chi connectivity index (χ1) is 16.3. The fourth-order valence-corrected chi connectivity index (χ4v) is 8.31. The van der Waals surface area contributed by atoms with Crippen LogP contribution in [-0.2, 0) is 23.9 Å². The van der Waals surface area contributed by atoms with E-state index >= 15 is 0 Å². The molecule has 0 aromatic carbocycles. The number of carbonyl (C=O) groups is 3. The SMILES string of the molecule is CC(=O)O[C@@H]1[C@@H](OC(=O)CC(C)C)[C@@H]2[C@@H](CC=C3C[C@@H](O)CC[C@@]32C)[C@@]2(O)CC[C@@H](C(C)=O)[C@@]12C. The van der Waals surface area contributed by atoms with Crippen LogP contribution in [0.15, 0.2) is 11.6 Å². The van der Waals surface area contributed by atoms with E-state index in [0.29, 0.717) is 38.5 Å². The van der Waals surface area contributed by atoms with Gasteiger partial charge in [-0.1, -0.05) is 39.3 Å². The zero-order chi connectivity index (χ0) is 25.9. The van der Waals surface area contributed by atoms with Gasteiger partial charge in [0.2, 0.25) is 0 Å². The lowest BCUT2D eigenvalue weighted by molar-refractivity contribution is -0.274. The Morgan fingerprint density at radius 2 is 1.80 bits per heavy atom. The van der Waals surface area contributed by atoms with E-state index in [1.54, 1.807) is 0 Å². The second kappa shape index (κ2) is 8.98. The average Bonchev–Trinajstić information content (AvgIpc) is 3.02. The number of esters is 2. The van der Waals surface area contributed by atoms with Gasteiger partial charge in [0.05, 0.1) is 11.7 Å². The molecule has 196 valence electrons. The molecule has 0 radical (unpaired) electrons. The Kier molecular flexibility index (Phi) is 6.76. The van der Waals surface area contributed by atoms with Crippen molar-refractivity contribution >= 4 is 17.7 Å². The Morgan fingerprint density at radius 3 is 2.40 bits per heavy atom. The van der Waals surface area contributed by atoms with Gasteiger partial charge in [-0.05, 0) is 62.7 Å². The summed E-state index contributed by atoms with van der Waals surface area (Å²) in [5.41, 5.74) is -1.63. The van der Waals surface area contributed by atoms with Crippen molar-refractivity contribution in [3.05, 3.63) is 11.6 Å². The molecule has 0 amide bonds. The van der Waals surface area contributed by atoms with Crippen molar-refractivity contribution in [2.75, 3.05) is 0 Å². The van der Waals surface area contributed by atoms with E-state index in [9.17, 15) is 24.6 Å². The van der Waals surface area contributed by atoms with Crippen LogP contribution < -0.4 is 0 Å². The van der Waals surface area contributed by atoms with Crippen molar-refractivity contribution in [2.24, 2.45) is 34.5 Å². The minimum Gasteiger partial charge on any atom is -0.458 e. The van der Waals surface area contributed by atoms with Crippen LogP contribution in [0, 0.1) is 34.5 Å². The largest absolute Gasteiger partial charge is 0.458 e. The molecule has 35 heavy (non-hydrogen) atoms. The Morgan fingerprint density at radius 1 is 1.11 bits per heavy atom. The summed E-state index contributed by atoms with van der Waals surface area (Å²) in [6.45, 7) is 10.7. The molecule has 0 aromatic rings. The first-order valence-electron chi connectivity index (χ1n) is 13.2. The van der Waals surface area contributed by atoms with Gasteiger partial charge in [0, 0.05) is 30.6 Å². The fraction of sp³-hybridized carbons (Fsp3) is 0.821. The predicted molar refractivity (Wildman–Crippen MR) is 129 cm³/mol. The van der Waals surface area contributed by atoms with Crippen LogP contribution in [0.25, 0.3) is 0 Å². The number of allylic oxidation sites excluding steroid dienone is 1. The first kappa shape index (κ1) is 26.3. The second-order valence-electron chi connectivity index (χ2n) is 12.4. The van der Waals surface area contributed by atoms with Crippen LogP contribution in [0.1, 0.15) is 86.5 Å². The molecule has 7 heteroatoms. The summed E-state index contributed by atoms with van der Waals surface area (Å²) in [5.74, 6) is -1.89. The molecule has 4 rings (SSSR count). The van der Waals surface area contributed by atoms with Crippen molar-refractivity contribution in [2.45, 2.75) is 110 Å². The lowest BCUT2D eigenvalue weighted by atomic mass is 9.44. The predicted octanol–water partition coefficient (Wildman–Crippen LogP) is 3.74. The maximum atomic E-state index is 13.1. The van der Waals surface area contributed by atoms with Crippen molar-refractivity contribution < 1.29 is 34.1 Å². The zero-order valence-corrected chi connectivity index (χ0v) is 22.0. The van der Waals surface area contributed by atoms with Crippen LogP contribution in [0.5, 0.6) is 0 Å². The molecule has 0 heterocycles. The molecule has 3 saturated carbocycles. The van der Waals surface area contributed by atoms with Gasteiger partial charge in [-0.3, -0.25) is 14.4 Å². The van der Waals surface area contributed by atoms with Gasteiger partial charge in [-0.15, -0.1) is 0 Å². The quantitative estimate of drug-likeness (QED) is 0.446. The number of aliphatic hydroxyl groups is 2. The van der Waals surface area contributed by atoms with Gasteiger partial charge in [-0.25, -0.2) is 0 Å². The zero-order valence-electron chi connectivity index (χ0n) is 22.0. The number of hydrogen-bond acceptors (Lipinski definition) is 7. The van der Waals surface area contributed by atoms with Gasteiger partial charge in [-0.2, -0.15) is 0 Å². The van der Waals surface area contributed by atoms with E-state index in [-0.39, 0.29) is 35.9 Å². The first-order valence-corrected chi connectivity index (χ1v) is 13.2. The lowest BCUT2D eigenvalue weighted by Crippen LogP contribution is -2.72. The average molecular weight is 491 g/mol. The maximum absolute atomic E-state index is 13.1. The Hall–Kier alpha value is -1.73. The summed E-state index contributed by atoms with van der Waals surface area (Å²) in [6.07, 6.45) is 3.61. The molecule has 0 unspecified atom stereocenters. The van der Waals surface area contributed by atoms with Crippen LogP contribution in [0.4, 0.5) is 0 Å². The molecule has 3 fully saturated rings. The summed E-state index contributed by atoms with van der Waals surface area (Å²) >= 11 is 0. The number of ketones is 1. The third kappa shape index (κ3) is 3.97. The standard InChI is InChI=1S/C28H42O7/c1-15(2)13-22(32)35-24-23-21(8-7-18-14-19(31)9-11-26(18,23)5)28(33)12-10-20(16(3)29)27(28,6)25(24)34-17(4)30/h7,15,19-21,23-25,31,33H,8-14H2,1-6H3/t19-,20-,21+,23-,24-,25+,26-,27-,28-/m0/s1. The summed E-state index contributed by atoms with van der Waals surface area (Å²) in [5, 5.41) is 22.9. The van der Waals surface area contributed by atoms with Crippen LogP contribution in [0.3, 0.4) is 0 Å². The van der Waals surface area contributed by atoms with Crippen molar-refractivity contribution in [3.63, 3.8) is 0 Å². The molecule has 2 N–H and O–H groups in total. The number of rotatable bonds is 5. The van der Waals surface area contributed by atoms with Gasteiger partial charge >= 0.3 is 11.9 Å². The molecule has 0 saturated heterocycles. The summed E-state index contributed by atoms with van der Waals surface area (Å²) < 4.78 is 12.2. The van der Waals surface area contributed by atoms with Gasteiger partial charge in [0.15, 0.2) is 0 Å². The lowest BCUT2D eigenvalue weighted by Gasteiger charge is -2.64. The highest BCUT2D eigenvalue weighted by Crippen LogP contribution is 2.69. The van der Waals surface area contributed by atoms with E-state index in [4.69, 9.17) is 9.47 Å². The highest BCUT2D eigenvalue weighted by atomic mass is 16.6. The van der Waals surface area contributed by atoms with E-state index < -0.39 is 46.6 Å². The van der Waals surface area contributed by atoms with E-state index in [1.165, 1.54) is 13.8 Å². The number of hydrogen-bond donors (Lipinski definition) is 2. The molecule has 9 atom stereocenters. The van der Waals surface area contributed by atoms with Crippen molar-refractivity contribution in [3.8, 4) is 0 Å². The summed E-state index contributed by atoms with van der Waals surface area (Å²) in [6, 6.07) is 0.